The second-order valence-corrected chi connectivity index (χ2v) is 13.0. The van der Waals surface area contributed by atoms with Crippen molar-refractivity contribution in [1.29, 1.82) is 0 Å². The van der Waals surface area contributed by atoms with Crippen molar-refractivity contribution in [2.75, 3.05) is 6.61 Å². The lowest BCUT2D eigenvalue weighted by Crippen LogP contribution is -2.23. The molecule has 0 atom stereocenters. The minimum Gasteiger partial charge on any atom is -0.481 e. The Bertz CT molecular complexity index is 1120. The lowest BCUT2D eigenvalue weighted by atomic mass is 9.87. The average molecular weight is 519 g/mol. The second kappa shape index (κ2) is 13.3. The molecule has 0 aliphatic rings. The summed E-state index contributed by atoms with van der Waals surface area (Å²) in [5.74, 6) is -0.786. The molecule has 5 nitrogen and oxygen atoms in total. The Kier molecular flexibility index (Phi) is 11.1. The summed E-state index contributed by atoms with van der Waals surface area (Å²) in [6.45, 7) is 7.76. The number of rotatable bonds is 14. The first-order valence-corrected chi connectivity index (χ1v) is 13.8. The van der Waals surface area contributed by atoms with Crippen LogP contribution in [0.25, 0.3) is 12.2 Å². The van der Waals surface area contributed by atoms with E-state index in [4.69, 9.17) is 0 Å². The number of aryl methyl sites for hydroxylation is 2. The normalized spacial score (nSPS) is 12.4. The quantitative estimate of drug-likeness (QED) is 0.288. The number of aliphatic carboxylic acids is 1. The Morgan fingerprint density at radius 3 is 1.69 bits per heavy atom. The summed E-state index contributed by atoms with van der Waals surface area (Å²) in [4.78, 5) is 39.3. The van der Waals surface area contributed by atoms with Crippen LogP contribution in [0, 0.1) is 10.8 Å². The smallest absolute Gasteiger partial charge is 0.309 e. The highest BCUT2D eigenvalue weighted by molar-refractivity contribution is 7.13. The van der Waals surface area contributed by atoms with Gasteiger partial charge < -0.3 is 10.2 Å². The molecule has 2 rings (SSSR count). The number of aliphatic hydroxyl groups is 1. The van der Waals surface area contributed by atoms with Gasteiger partial charge >= 0.3 is 5.97 Å². The van der Waals surface area contributed by atoms with Gasteiger partial charge in [-0.1, -0.05) is 26.7 Å². The fraction of sp³-hybridized carbons (Fsp3) is 0.536. The Morgan fingerprint density at radius 1 is 0.800 bits per heavy atom. The molecule has 0 aromatic carbocycles. The van der Waals surface area contributed by atoms with E-state index in [0.29, 0.717) is 6.42 Å². The van der Waals surface area contributed by atoms with Crippen LogP contribution >= 0.6 is 22.7 Å². The summed E-state index contributed by atoms with van der Waals surface area (Å²) in [5, 5.41) is 18.6. The molecule has 2 heterocycles. The monoisotopic (exact) mass is 518 g/mol. The van der Waals surface area contributed by atoms with Gasteiger partial charge in [0.25, 0.3) is 0 Å². The van der Waals surface area contributed by atoms with E-state index in [1.165, 1.54) is 0 Å². The molecule has 0 fully saturated rings. The molecule has 0 radical (unpaired) electrons. The molecule has 2 aromatic heterocycles. The summed E-state index contributed by atoms with van der Waals surface area (Å²) in [6, 6.07) is 6.58. The van der Waals surface area contributed by atoms with Crippen molar-refractivity contribution in [3.05, 3.63) is 64.2 Å². The van der Waals surface area contributed by atoms with E-state index in [9.17, 15) is 24.6 Å². The molecule has 0 aliphatic carbocycles. The third kappa shape index (κ3) is 10.6. The van der Waals surface area contributed by atoms with Crippen molar-refractivity contribution in [3.8, 4) is 0 Å². The Morgan fingerprint density at radius 2 is 1.26 bits per heavy atom. The number of carbonyl (C=O) groups is 1. The van der Waals surface area contributed by atoms with Crippen LogP contribution < -0.4 is 10.9 Å². The van der Waals surface area contributed by atoms with Crippen molar-refractivity contribution in [1.82, 2.24) is 0 Å². The molecule has 0 saturated carbocycles. The Hall–Kier alpha value is -2.09. The number of hydrogen-bond donors (Lipinski definition) is 2. The molecule has 0 spiro atoms. The van der Waals surface area contributed by atoms with Gasteiger partial charge in [-0.15, -0.1) is 22.7 Å². The third-order valence-electron chi connectivity index (χ3n) is 6.09. The van der Waals surface area contributed by atoms with Crippen LogP contribution in [0.5, 0.6) is 0 Å². The third-order valence-corrected chi connectivity index (χ3v) is 8.24. The first-order chi connectivity index (χ1) is 16.4. The molecule has 0 unspecified atom stereocenters. The zero-order valence-electron chi connectivity index (χ0n) is 21.3. The van der Waals surface area contributed by atoms with E-state index in [-0.39, 0.29) is 22.9 Å². The number of carboxylic acid groups (broad SMARTS) is 1. The summed E-state index contributed by atoms with van der Waals surface area (Å²) >= 11 is 3.14. The van der Waals surface area contributed by atoms with Gasteiger partial charge in [-0.2, -0.15) is 0 Å². The van der Waals surface area contributed by atoms with Crippen molar-refractivity contribution < 1.29 is 15.0 Å². The fourth-order valence-electron chi connectivity index (χ4n) is 3.63. The van der Waals surface area contributed by atoms with Gasteiger partial charge in [-0.3, -0.25) is 14.4 Å². The van der Waals surface area contributed by atoms with E-state index >= 15 is 0 Å². The SMILES string of the molecule is CC(C)(CO)CCCCc1cc(=O)cc(/C=C/c2cc(=O)cc(CCCCC(C)(C)C(=O)O)s2)s1. The molecular formula is C28H38O5S2. The maximum atomic E-state index is 12.2. The van der Waals surface area contributed by atoms with Gasteiger partial charge in [-0.05, 0) is 82.1 Å². The van der Waals surface area contributed by atoms with Crippen LogP contribution in [0.2, 0.25) is 0 Å². The first kappa shape index (κ1) is 29.1. The average Bonchev–Trinajstić information content (AvgIpc) is 2.77. The summed E-state index contributed by atoms with van der Waals surface area (Å²) < 4.78 is 0. The van der Waals surface area contributed by atoms with Crippen LogP contribution in [-0.4, -0.2) is 22.8 Å². The number of hydrogen-bond acceptors (Lipinski definition) is 6. The predicted molar refractivity (Wildman–Crippen MR) is 147 cm³/mol. The minimum atomic E-state index is -0.786. The van der Waals surface area contributed by atoms with Crippen LogP contribution in [0.4, 0.5) is 0 Å². The molecule has 35 heavy (non-hydrogen) atoms. The first-order valence-electron chi connectivity index (χ1n) is 12.2. The highest BCUT2D eigenvalue weighted by Crippen LogP contribution is 2.26. The van der Waals surface area contributed by atoms with Gasteiger partial charge in [0.05, 0.1) is 5.41 Å². The number of carboxylic acids is 1. The van der Waals surface area contributed by atoms with Crippen molar-refractivity contribution in [3.63, 3.8) is 0 Å². The van der Waals surface area contributed by atoms with E-state index < -0.39 is 11.4 Å². The maximum absolute atomic E-state index is 12.2. The summed E-state index contributed by atoms with van der Waals surface area (Å²) in [5.41, 5.74) is -0.857. The highest BCUT2D eigenvalue weighted by Gasteiger charge is 2.26. The molecule has 0 bridgehead atoms. The predicted octanol–water partition coefficient (Wildman–Crippen LogP) is 6.26. The van der Waals surface area contributed by atoms with Gasteiger partial charge in [0.2, 0.25) is 0 Å². The molecule has 2 N–H and O–H groups in total. The van der Waals surface area contributed by atoms with Crippen LogP contribution in [0.3, 0.4) is 0 Å². The topological polar surface area (TPSA) is 91.7 Å². The maximum Gasteiger partial charge on any atom is 0.309 e. The molecule has 2 aromatic rings. The second-order valence-electron chi connectivity index (χ2n) is 10.6. The van der Waals surface area contributed by atoms with Gasteiger partial charge in [0.15, 0.2) is 10.9 Å². The molecule has 0 aliphatic heterocycles. The Labute approximate surface area is 216 Å². The van der Waals surface area contributed by atoms with E-state index in [1.54, 1.807) is 60.8 Å². The van der Waals surface area contributed by atoms with E-state index in [2.05, 4.69) is 13.8 Å². The zero-order valence-corrected chi connectivity index (χ0v) is 22.9. The standard InChI is InChI=1S/C28H38O5S2/c1-27(2,19-29)13-7-5-9-22-15-20(30)17-24(34-22)11-12-25-18-21(31)16-23(35-25)10-6-8-14-28(3,4)26(32)33/h11-12,15-18,29H,5-10,13-14,19H2,1-4H3,(H,32,33)/b12-11+. The van der Waals surface area contributed by atoms with Crippen molar-refractivity contribution >= 4 is 40.8 Å². The molecular weight excluding hydrogens is 480 g/mol. The van der Waals surface area contributed by atoms with Gasteiger partial charge in [0, 0.05) is 38.2 Å². The van der Waals surface area contributed by atoms with Crippen LogP contribution in [0.15, 0.2) is 33.9 Å². The largest absolute Gasteiger partial charge is 0.481 e. The molecule has 0 amide bonds. The highest BCUT2D eigenvalue weighted by atomic mass is 32.1. The Balaban J connectivity index is 1.99. The van der Waals surface area contributed by atoms with Crippen LogP contribution in [0.1, 0.15) is 85.7 Å². The van der Waals surface area contributed by atoms with Gasteiger partial charge in [0.1, 0.15) is 0 Å². The van der Waals surface area contributed by atoms with E-state index in [1.807, 2.05) is 12.2 Å². The molecule has 7 heteroatoms. The van der Waals surface area contributed by atoms with Crippen molar-refractivity contribution in [2.24, 2.45) is 10.8 Å². The molecule has 0 saturated heterocycles. The van der Waals surface area contributed by atoms with E-state index in [0.717, 1.165) is 64.5 Å². The lowest BCUT2D eigenvalue weighted by Gasteiger charge is -2.20. The summed E-state index contributed by atoms with van der Waals surface area (Å²) in [7, 11) is 0. The minimum absolute atomic E-state index is 0.0136. The fourth-order valence-corrected chi connectivity index (χ4v) is 5.70. The lowest BCUT2D eigenvalue weighted by molar-refractivity contribution is -0.147. The van der Waals surface area contributed by atoms with Crippen molar-refractivity contribution in [2.45, 2.75) is 79.1 Å². The summed E-state index contributed by atoms with van der Waals surface area (Å²) in [6.07, 6.45) is 10.5. The number of aliphatic hydroxyl groups excluding tert-OH is 1. The zero-order chi connectivity index (χ0) is 26.1. The number of unbranched alkanes of at least 4 members (excludes halogenated alkanes) is 2. The van der Waals surface area contributed by atoms with Gasteiger partial charge in [-0.25, -0.2) is 0 Å². The molecule has 192 valence electrons. The van der Waals surface area contributed by atoms with Crippen LogP contribution in [-0.2, 0) is 17.6 Å².